The summed E-state index contributed by atoms with van der Waals surface area (Å²) in [5.41, 5.74) is 4.86. The van der Waals surface area contributed by atoms with Gasteiger partial charge in [0.25, 0.3) is 5.91 Å². The smallest absolute Gasteiger partial charge is 0.307 e. The molecule has 0 saturated carbocycles. The second-order valence-corrected chi connectivity index (χ2v) is 4.83. The third kappa shape index (κ3) is 3.31. The van der Waals surface area contributed by atoms with E-state index < -0.39 is 29.6 Å². The van der Waals surface area contributed by atoms with Crippen LogP contribution in [0.4, 0.5) is 0 Å². The molecule has 0 aliphatic heterocycles. The average molecular weight is 292 g/mol. The predicted molar refractivity (Wildman–Crippen MR) is 72.0 cm³/mol. The lowest BCUT2D eigenvalue weighted by Gasteiger charge is -2.24. The number of carboxylic acids is 1. The maximum absolute atomic E-state index is 12.0. The Bertz CT molecular complexity index is 590. The molecule has 0 bridgehead atoms. The van der Waals surface area contributed by atoms with E-state index >= 15 is 0 Å². The molecule has 2 atom stereocenters. The summed E-state index contributed by atoms with van der Waals surface area (Å²) in [5.74, 6) is -3.07. The number of hydrazine groups is 1. The summed E-state index contributed by atoms with van der Waals surface area (Å²) in [6.45, 7) is 1.63. The molecule has 112 valence electrons. The van der Waals surface area contributed by atoms with Crippen LogP contribution in [0.25, 0.3) is 0 Å². The van der Waals surface area contributed by atoms with Crippen molar-refractivity contribution in [2.45, 2.75) is 19.8 Å². The Morgan fingerprint density at radius 2 is 1.86 bits per heavy atom. The fraction of sp³-hybridized carbons (Fsp3) is 0.357. The van der Waals surface area contributed by atoms with Gasteiger partial charge in [-0.3, -0.25) is 25.2 Å². The van der Waals surface area contributed by atoms with E-state index in [1.165, 1.54) is 12.3 Å². The number of carbonyl (C=O) groups excluding carboxylic acids is 2. The Morgan fingerprint density at radius 3 is 2.43 bits per heavy atom. The zero-order chi connectivity index (χ0) is 15.4. The molecule has 0 radical (unpaired) electrons. The number of carboxylic acid groups (broad SMARTS) is 1. The van der Waals surface area contributed by atoms with Gasteiger partial charge >= 0.3 is 5.97 Å². The van der Waals surface area contributed by atoms with E-state index in [4.69, 9.17) is 9.52 Å². The molecule has 7 nitrogen and oxygen atoms in total. The predicted octanol–water partition coefficient (Wildman–Crippen LogP) is 1.02. The van der Waals surface area contributed by atoms with Crippen molar-refractivity contribution in [3.05, 3.63) is 35.8 Å². The lowest BCUT2D eigenvalue weighted by Crippen LogP contribution is -2.47. The Labute approximate surface area is 121 Å². The van der Waals surface area contributed by atoms with E-state index in [0.29, 0.717) is 24.2 Å². The van der Waals surface area contributed by atoms with E-state index in [1.54, 1.807) is 19.1 Å². The second kappa shape index (κ2) is 6.25. The number of furan rings is 1. The van der Waals surface area contributed by atoms with E-state index in [9.17, 15) is 14.4 Å². The van der Waals surface area contributed by atoms with E-state index in [-0.39, 0.29) is 0 Å². The van der Waals surface area contributed by atoms with E-state index in [1.807, 2.05) is 0 Å². The van der Waals surface area contributed by atoms with Crippen LogP contribution in [0.3, 0.4) is 0 Å². The molecule has 0 spiro atoms. The van der Waals surface area contributed by atoms with Crippen LogP contribution in [-0.2, 0) is 9.59 Å². The van der Waals surface area contributed by atoms with E-state index in [0.717, 1.165) is 0 Å². The molecular formula is C14H16N2O5. The first-order valence-corrected chi connectivity index (χ1v) is 6.52. The van der Waals surface area contributed by atoms with Crippen LogP contribution >= 0.6 is 0 Å². The summed E-state index contributed by atoms with van der Waals surface area (Å²) < 4.78 is 5.00. The summed E-state index contributed by atoms with van der Waals surface area (Å²) in [5, 5.41) is 9.11. The van der Waals surface area contributed by atoms with Gasteiger partial charge in [-0.1, -0.05) is 12.2 Å². The zero-order valence-corrected chi connectivity index (χ0v) is 11.5. The number of carbonyl (C=O) groups is 3. The first-order chi connectivity index (χ1) is 10.0. The van der Waals surface area contributed by atoms with Gasteiger partial charge in [-0.15, -0.1) is 0 Å². The highest BCUT2D eigenvalue weighted by Gasteiger charge is 2.34. The molecule has 0 aromatic carbocycles. The van der Waals surface area contributed by atoms with Gasteiger partial charge in [-0.05, 0) is 25.8 Å². The molecule has 1 heterocycles. The molecule has 3 N–H and O–H groups in total. The van der Waals surface area contributed by atoms with Crippen LogP contribution in [0.15, 0.2) is 28.9 Å². The van der Waals surface area contributed by atoms with Crippen LogP contribution in [0.5, 0.6) is 0 Å². The van der Waals surface area contributed by atoms with Crippen molar-refractivity contribution in [2.24, 2.45) is 11.8 Å². The number of aliphatic carboxylic acids is 1. The minimum Gasteiger partial charge on any atom is -0.481 e. The topological polar surface area (TPSA) is 109 Å². The fourth-order valence-electron chi connectivity index (χ4n) is 2.28. The summed E-state index contributed by atoms with van der Waals surface area (Å²) >= 11 is 0. The number of nitrogens with one attached hydrogen (secondary N) is 2. The van der Waals surface area contributed by atoms with Crippen molar-refractivity contribution in [3.63, 3.8) is 0 Å². The molecule has 21 heavy (non-hydrogen) atoms. The van der Waals surface area contributed by atoms with Crippen molar-refractivity contribution in [2.75, 3.05) is 0 Å². The molecule has 1 aliphatic carbocycles. The number of allylic oxidation sites excluding steroid dienone is 2. The number of amides is 2. The summed E-state index contributed by atoms with van der Waals surface area (Å²) in [4.78, 5) is 35.0. The molecule has 0 saturated heterocycles. The molecule has 7 heteroatoms. The molecule has 2 amide bonds. The zero-order valence-electron chi connectivity index (χ0n) is 11.5. The molecule has 2 rings (SSSR count). The quantitative estimate of drug-likeness (QED) is 0.569. The van der Waals surface area contributed by atoms with Gasteiger partial charge in [0, 0.05) is 0 Å². The Balaban J connectivity index is 1.95. The Morgan fingerprint density at radius 1 is 1.19 bits per heavy atom. The normalized spacial score (nSPS) is 20.8. The van der Waals surface area contributed by atoms with Crippen LogP contribution in [-0.4, -0.2) is 22.9 Å². The Kier molecular flexibility index (Phi) is 4.42. The lowest BCUT2D eigenvalue weighted by molar-refractivity contribution is -0.147. The van der Waals surface area contributed by atoms with E-state index in [2.05, 4.69) is 10.9 Å². The van der Waals surface area contributed by atoms with Gasteiger partial charge in [0.15, 0.2) is 0 Å². The lowest BCUT2D eigenvalue weighted by atomic mass is 9.82. The standard InChI is InChI=1S/C14H16N2O5/c1-8-9(6-7-21-8)12(17)15-16-13(18)10-4-2-3-5-11(10)14(19)20/h2-3,6-7,10-11H,4-5H2,1H3,(H,15,17)(H,16,18)(H,19,20)/t10-,11+/m0/s1. The van der Waals surface area contributed by atoms with Crippen molar-refractivity contribution in [1.29, 1.82) is 0 Å². The van der Waals surface area contributed by atoms with Gasteiger partial charge in [-0.25, -0.2) is 0 Å². The molecule has 1 aliphatic rings. The second-order valence-electron chi connectivity index (χ2n) is 4.83. The van der Waals surface area contributed by atoms with Gasteiger partial charge in [-0.2, -0.15) is 0 Å². The van der Waals surface area contributed by atoms with Crippen LogP contribution in [0.1, 0.15) is 29.0 Å². The van der Waals surface area contributed by atoms with Gasteiger partial charge in [0.2, 0.25) is 5.91 Å². The fourth-order valence-corrected chi connectivity index (χ4v) is 2.28. The minimum absolute atomic E-state index is 0.308. The molecule has 0 fully saturated rings. The third-order valence-electron chi connectivity index (χ3n) is 3.49. The van der Waals surface area contributed by atoms with Crippen molar-refractivity contribution in [3.8, 4) is 0 Å². The SMILES string of the molecule is Cc1occc1C(=O)NNC(=O)[C@H]1CC=CC[C@H]1C(=O)O. The molecule has 0 unspecified atom stereocenters. The number of rotatable bonds is 3. The van der Waals surface area contributed by atoms with Crippen molar-refractivity contribution >= 4 is 17.8 Å². The first kappa shape index (κ1) is 14.8. The van der Waals surface area contributed by atoms with Gasteiger partial charge < -0.3 is 9.52 Å². The molecule has 1 aromatic heterocycles. The minimum atomic E-state index is -1.02. The highest BCUT2D eigenvalue weighted by molar-refractivity contribution is 5.96. The number of hydrogen-bond acceptors (Lipinski definition) is 4. The Hall–Kier alpha value is -2.57. The molecular weight excluding hydrogens is 276 g/mol. The van der Waals surface area contributed by atoms with Crippen molar-refractivity contribution < 1.29 is 23.9 Å². The highest BCUT2D eigenvalue weighted by atomic mass is 16.4. The number of aryl methyl sites for hydroxylation is 1. The van der Waals surface area contributed by atoms with Crippen molar-refractivity contribution in [1.82, 2.24) is 10.9 Å². The summed E-state index contributed by atoms with van der Waals surface area (Å²) in [7, 11) is 0. The first-order valence-electron chi connectivity index (χ1n) is 6.52. The molecule has 1 aromatic rings. The summed E-state index contributed by atoms with van der Waals surface area (Å²) in [6.07, 6.45) is 5.53. The maximum atomic E-state index is 12.0. The third-order valence-corrected chi connectivity index (χ3v) is 3.49. The van der Waals surface area contributed by atoms with Gasteiger partial charge in [0.05, 0.1) is 23.7 Å². The van der Waals surface area contributed by atoms with Crippen LogP contribution < -0.4 is 10.9 Å². The van der Waals surface area contributed by atoms with Crippen LogP contribution in [0, 0.1) is 18.8 Å². The number of hydrogen-bond donors (Lipinski definition) is 3. The maximum Gasteiger partial charge on any atom is 0.307 e. The largest absolute Gasteiger partial charge is 0.481 e. The monoisotopic (exact) mass is 292 g/mol. The average Bonchev–Trinajstić information content (AvgIpc) is 2.90. The highest BCUT2D eigenvalue weighted by Crippen LogP contribution is 2.25. The van der Waals surface area contributed by atoms with Crippen LogP contribution in [0.2, 0.25) is 0 Å². The van der Waals surface area contributed by atoms with Gasteiger partial charge in [0.1, 0.15) is 5.76 Å². The summed E-state index contributed by atoms with van der Waals surface area (Å²) in [6, 6.07) is 1.49.